The number of piperazine rings is 1. The molecule has 2 aliphatic rings. The SMILES string of the molecule is O=C1CN(C(=O)C2CCCCN2)CCN1Cc1cccc(F)c1. The molecular weight excluding hydrogens is 297 g/mol. The fourth-order valence-corrected chi connectivity index (χ4v) is 3.20. The van der Waals surface area contributed by atoms with E-state index in [1.807, 2.05) is 0 Å². The van der Waals surface area contributed by atoms with Crippen LogP contribution in [0.3, 0.4) is 0 Å². The van der Waals surface area contributed by atoms with Gasteiger partial charge >= 0.3 is 0 Å². The van der Waals surface area contributed by atoms with E-state index in [1.54, 1.807) is 21.9 Å². The van der Waals surface area contributed by atoms with Crippen molar-refractivity contribution in [2.24, 2.45) is 0 Å². The predicted octanol–water partition coefficient (Wildman–Crippen LogP) is 1.14. The van der Waals surface area contributed by atoms with Gasteiger partial charge in [-0.25, -0.2) is 4.39 Å². The Kier molecular flexibility index (Phi) is 4.91. The largest absolute Gasteiger partial charge is 0.335 e. The Hall–Kier alpha value is -1.95. The van der Waals surface area contributed by atoms with E-state index >= 15 is 0 Å². The van der Waals surface area contributed by atoms with Gasteiger partial charge in [-0.05, 0) is 37.1 Å². The summed E-state index contributed by atoms with van der Waals surface area (Å²) >= 11 is 0. The minimum Gasteiger partial charge on any atom is -0.335 e. The van der Waals surface area contributed by atoms with Crippen LogP contribution in [-0.2, 0) is 16.1 Å². The van der Waals surface area contributed by atoms with Gasteiger partial charge in [0.05, 0.1) is 12.6 Å². The summed E-state index contributed by atoms with van der Waals surface area (Å²) in [6, 6.07) is 6.13. The predicted molar refractivity (Wildman–Crippen MR) is 84.0 cm³/mol. The molecule has 1 N–H and O–H groups in total. The van der Waals surface area contributed by atoms with Crippen molar-refractivity contribution in [2.45, 2.75) is 31.8 Å². The Labute approximate surface area is 135 Å². The molecule has 2 fully saturated rings. The van der Waals surface area contributed by atoms with Crippen molar-refractivity contribution in [1.29, 1.82) is 0 Å². The fourth-order valence-electron chi connectivity index (χ4n) is 3.20. The van der Waals surface area contributed by atoms with E-state index in [4.69, 9.17) is 0 Å². The van der Waals surface area contributed by atoms with E-state index in [9.17, 15) is 14.0 Å². The standard InChI is InChI=1S/C17H22FN3O2/c18-14-5-3-4-13(10-14)11-20-8-9-21(12-16(20)22)17(23)15-6-1-2-7-19-15/h3-5,10,15,19H,1-2,6-9,11-12H2. The molecule has 0 saturated carbocycles. The molecule has 0 radical (unpaired) electrons. The number of rotatable bonds is 3. The molecule has 1 unspecified atom stereocenters. The first-order valence-electron chi connectivity index (χ1n) is 8.18. The van der Waals surface area contributed by atoms with Crippen molar-refractivity contribution in [3.05, 3.63) is 35.6 Å². The monoisotopic (exact) mass is 319 g/mol. The van der Waals surface area contributed by atoms with Gasteiger partial charge in [0.25, 0.3) is 0 Å². The maximum absolute atomic E-state index is 13.2. The molecule has 3 rings (SSSR count). The smallest absolute Gasteiger partial charge is 0.242 e. The molecule has 0 bridgehead atoms. The average Bonchev–Trinajstić information content (AvgIpc) is 2.57. The van der Waals surface area contributed by atoms with Crippen molar-refractivity contribution in [2.75, 3.05) is 26.2 Å². The van der Waals surface area contributed by atoms with Crippen LogP contribution in [0.2, 0.25) is 0 Å². The van der Waals surface area contributed by atoms with Gasteiger partial charge in [-0.1, -0.05) is 18.6 Å². The highest BCUT2D eigenvalue weighted by Gasteiger charge is 2.31. The zero-order chi connectivity index (χ0) is 16.2. The Bertz CT molecular complexity index is 587. The molecule has 6 heteroatoms. The molecule has 2 heterocycles. The first-order chi connectivity index (χ1) is 11.1. The minimum atomic E-state index is -0.299. The highest BCUT2D eigenvalue weighted by Crippen LogP contribution is 2.14. The van der Waals surface area contributed by atoms with Crippen LogP contribution in [0.15, 0.2) is 24.3 Å². The highest BCUT2D eigenvalue weighted by molar-refractivity contribution is 5.88. The first-order valence-corrected chi connectivity index (χ1v) is 8.18. The van der Waals surface area contributed by atoms with Crippen molar-refractivity contribution in [1.82, 2.24) is 15.1 Å². The van der Waals surface area contributed by atoms with Crippen molar-refractivity contribution in [3.8, 4) is 0 Å². The lowest BCUT2D eigenvalue weighted by Gasteiger charge is -2.37. The third-order valence-corrected chi connectivity index (χ3v) is 4.50. The van der Waals surface area contributed by atoms with Gasteiger partial charge in [0.15, 0.2) is 0 Å². The van der Waals surface area contributed by atoms with Crippen LogP contribution in [0, 0.1) is 5.82 Å². The second-order valence-electron chi connectivity index (χ2n) is 6.21. The number of nitrogens with one attached hydrogen (secondary N) is 1. The van der Waals surface area contributed by atoms with Crippen LogP contribution in [0.25, 0.3) is 0 Å². The van der Waals surface area contributed by atoms with Crippen molar-refractivity contribution >= 4 is 11.8 Å². The molecule has 2 saturated heterocycles. The molecule has 1 atom stereocenters. The Morgan fingerprint density at radius 2 is 2.17 bits per heavy atom. The van der Waals surface area contributed by atoms with E-state index < -0.39 is 0 Å². The summed E-state index contributed by atoms with van der Waals surface area (Å²) in [5.74, 6) is -0.347. The van der Waals surface area contributed by atoms with Crippen LogP contribution in [0.4, 0.5) is 4.39 Å². The maximum atomic E-state index is 13.2. The lowest BCUT2D eigenvalue weighted by atomic mass is 10.0. The van der Waals surface area contributed by atoms with E-state index in [0.29, 0.717) is 19.6 Å². The molecule has 2 amide bonds. The zero-order valence-electron chi connectivity index (χ0n) is 13.1. The molecule has 0 aromatic heterocycles. The molecule has 1 aromatic carbocycles. The first kappa shape index (κ1) is 15.9. The number of amides is 2. The number of hydrogen-bond donors (Lipinski definition) is 1. The summed E-state index contributed by atoms with van der Waals surface area (Å²) in [6.45, 7) is 2.41. The molecule has 1 aromatic rings. The third kappa shape index (κ3) is 3.88. The van der Waals surface area contributed by atoms with E-state index in [-0.39, 0.29) is 30.2 Å². The molecule has 2 aliphatic heterocycles. The molecule has 0 spiro atoms. The summed E-state index contributed by atoms with van der Waals surface area (Å²) in [5, 5.41) is 3.23. The zero-order valence-corrected chi connectivity index (χ0v) is 13.1. The molecule has 5 nitrogen and oxygen atoms in total. The summed E-state index contributed by atoms with van der Waals surface area (Å²) < 4.78 is 13.2. The number of hydrogen-bond acceptors (Lipinski definition) is 3. The van der Waals surface area contributed by atoms with Crippen molar-refractivity contribution < 1.29 is 14.0 Å². The summed E-state index contributed by atoms with van der Waals surface area (Å²) in [6.07, 6.45) is 3.00. The van der Waals surface area contributed by atoms with E-state index in [1.165, 1.54) is 12.1 Å². The summed E-state index contributed by atoms with van der Waals surface area (Å²) in [4.78, 5) is 28.1. The van der Waals surface area contributed by atoms with E-state index in [2.05, 4.69) is 5.32 Å². The van der Waals surface area contributed by atoms with Crippen LogP contribution < -0.4 is 5.32 Å². The van der Waals surface area contributed by atoms with Gasteiger partial charge in [0, 0.05) is 19.6 Å². The minimum absolute atomic E-state index is 0.0310. The molecular formula is C17H22FN3O2. The summed E-state index contributed by atoms with van der Waals surface area (Å²) in [7, 11) is 0. The van der Waals surface area contributed by atoms with Gasteiger partial charge < -0.3 is 15.1 Å². The number of benzene rings is 1. The third-order valence-electron chi connectivity index (χ3n) is 4.50. The Morgan fingerprint density at radius 3 is 2.87 bits per heavy atom. The lowest BCUT2D eigenvalue weighted by molar-refractivity contribution is -0.147. The van der Waals surface area contributed by atoms with Crippen LogP contribution >= 0.6 is 0 Å². The Balaban J connectivity index is 1.56. The maximum Gasteiger partial charge on any atom is 0.242 e. The molecule has 0 aliphatic carbocycles. The van der Waals surface area contributed by atoms with Crippen LogP contribution in [0.1, 0.15) is 24.8 Å². The van der Waals surface area contributed by atoms with Gasteiger partial charge in [-0.3, -0.25) is 9.59 Å². The van der Waals surface area contributed by atoms with Crippen LogP contribution in [0.5, 0.6) is 0 Å². The second-order valence-corrected chi connectivity index (χ2v) is 6.21. The van der Waals surface area contributed by atoms with Gasteiger partial charge in [0.1, 0.15) is 5.82 Å². The van der Waals surface area contributed by atoms with Gasteiger partial charge in [0.2, 0.25) is 11.8 Å². The Morgan fingerprint density at radius 1 is 1.30 bits per heavy atom. The summed E-state index contributed by atoms with van der Waals surface area (Å²) in [5.41, 5.74) is 0.770. The number of halogens is 1. The van der Waals surface area contributed by atoms with Crippen molar-refractivity contribution in [3.63, 3.8) is 0 Å². The molecule has 124 valence electrons. The second kappa shape index (κ2) is 7.08. The van der Waals surface area contributed by atoms with E-state index in [0.717, 1.165) is 31.4 Å². The quantitative estimate of drug-likeness (QED) is 0.909. The fraction of sp³-hybridized carbons (Fsp3) is 0.529. The normalized spacial score (nSPS) is 22.3. The highest BCUT2D eigenvalue weighted by atomic mass is 19.1. The molecule has 23 heavy (non-hydrogen) atoms. The number of carbonyl (C=O) groups excluding carboxylic acids is 2. The number of piperidine rings is 1. The number of carbonyl (C=O) groups is 2. The van der Waals surface area contributed by atoms with Gasteiger partial charge in [-0.2, -0.15) is 0 Å². The van der Waals surface area contributed by atoms with Gasteiger partial charge in [-0.15, -0.1) is 0 Å². The van der Waals surface area contributed by atoms with Crippen LogP contribution in [-0.4, -0.2) is 53.8 Å². The lowest BCUT2D eigenvalue weighted by Crippen LogP contribution is -2.56. The average molecular weight is 319 g/mol. The number of nitrogens with zero attached hydrogens (tertiary/aromatic N) is 2. The topological polar surface area (TPSA) is 52.7 Å².